The van der Waals surface area contributed by atoms with Crippen LogP contribution in [0, 0.1) is 13.8 Å². The molecule has 1 aromatic carbocycles. The summed E-state index contributed by atoms with van der Waals surface area (Å²) in [5.41, 5.74) is 2.45. The molecule has 1 fully saturated rings. The number of carbonyl (C=O) groups is 2. The van der Waals surface area contributed by atoms with E-state index < -0.39 is 22.6 Å². The number of aromatic nitrogens is 1. The van der Waals surface area contributed by atoms with Crippen molar-refractivity contribution in [2.75, 3.05) is 19.7 Å². The van der Waals surface area contributed by atoms with Crippen LogP contribution >= 0.6 is 11.6 Å². The van der Waals surface area contributed by atoms with Crippen molar-refractivity contribution in [1.82, 2.24) is 8.87 Å². The minimum atomic E-state index is -3.85. The molecule has 1 heterocycles. The number of nitrogens with zero attached hydrogens (tertiary/aromatic N) is 2. The number of hydrogen-bond donors (Lipinski definition) is 0. The van der Waals surface area contributed by atoms with Crippen LogP contribution in [-0.2, 0) is 14.8 Å². The maximum absolute atomic E-state index is 12.8. The number of Topliss-reactive ketones (excluding diaryl/α,β-unsaturated/α-hetero) is 1. The molecule has 3 rings (SSSR count). The first-order valence-corrected chi connectivity index (χ1v) is 12.1. The van der Waals surface area contributed by atoms with Gasteiger partial charge in [-0.05, 0) is 51.0 Å². The van der Waals surface area contributed by atoms with Crippen LogP contribution in [0.15, 0.2) is 29.2 Å². The molecule has 0 N–H and O–H groups in total. The van der Waals surface area contributed by atoms with Crippen molar-refractivity contribution in [3.63, 3.8) is 0 Å². The first-order valence-electron chi connectivity index (χ1n) is 10.3. The number of ketones is 1. The smallest absolute Gasteiger partial charge is 0.338 e. The fraction of sp³-hybridized carbons (Fsp3) is 0.455. The van der Waals surface area contributed by atoms with Gasteiger partial charge < -0.3 is 9.30 Å². The number of benzene rings is 1. The number of aryl methyl sites for hydroxylation is 1. The molecule has 7 nitrogen and oxygen atoms in total. The lowest BCUT2D eigenvalue weighted by Crippen LogP contribution is -2.31. The number of halogens is 1. The molecule has 0 unspecified atom stereocenters. The van der Waals surface area contributed by atoms with Crippen molar-refractivity contribution < 1.29 is 22.7 Å². The zero-order valence-electron chi connectivity index (χ0n) is 18.1. The van der Waals surface area contributed by atoms with Gasteiger partial charge >= 0.3 is 5.97 Å². The van der Waals surface area contributed by atoms with Crippen molar-refractivity contribution in [2.45, 2.75) is 51.5 Å². The van der Waals surface area contributed by atoms with Crippen molar-refractivity contribution in [3.05, 3.63) is 51.8 Å². The van der Waals surface area contributed by atoms with Gasteiger partial charge in [-0.1, -0.05) is 25.4 Å². The molecule has 0 saturated heterocycles. The molecule has 31 heavy (non-hydrogen) atoms. The van der Waals surface area contributed by atoms with Crippen LogP contribution in [0.3, 0.4) is 0 Å². The number of hydrogen-bond acceptors (Lipinski definition) is 5. The van der Waals surface area contributed by atoms with E-state index >= 15 is 0 Å². The molecule has 1 aromatic heterocycles. The SMILES string of the molecule is CCN(CC)S(=O)(=O)c1cc(C(=O)OCC(=O)c2cc(C)n(C3CC3)c2C)ccc1Cl. The van der Waals surface area contributed by atoms with Crippen molar-refractivity contribution in [2.24, 2.45) is 0 Å². The number of ether oxygens (including phenoxy) is 1. The first kappa shape index (κ1) is 23.5. The zero-order chi connectivity index (χ0) is 22.9. The van der Waals surface area contributed by atoms with Crippen molar-refractivity contribution in [1.29, 1.82) is 0 Å². The van der Waals surface area contributed by atoms with E-state index in [0.29, 0.717) is 11.6 Å². The van der Waals surface area contributed by atoms with E-state index in [1.165, 1.54) is 22.5 Å². The molecule has 1 aliphatic rings. The summed E-state index contributed by atoms with van der Waals surface area (Å²) in [6, 6.07) is 6.20. The standard InChI is InChI=1S/C22H27ClN2O5S/c1-5-24(6-2)31(28,29)21-12-16(7-10-19(21)23)22(27)30-13-20(26)18-11-14(3)25(15(18)4)17-8-9-17/h7,10-12,17H,5-6,8-9,13H2,1-4H3. The minimum Gasteiger partial charge on any atom is -0.454 e. The molecule has 0 radical (unpaired) electrons. The van der Waals surface area contributed by atoms with Gasteiger partial charge in [-0.2, -0.15) is 4.31 Å². The summed E-state index contributed by atoms with van der Waals surface area (Å²) >= 11 is 6.10. The van der Waals surface area contributed by atoms with Crippen LogP contribution in [0.1, 0.15) is 64.8 Å². The highest BCUT2D eigenvalue weighted by molar-refractivity contribution is 7.89. The maximum Gasteiger partial charge on any atom is 0.338 e. The lowest BCUT2D eigenvalue weighted by molar-refractivity contribution is 0.0474. The number of esters is 1. The molecule has 1 aliphatic carbocycles. The Labute approximate surface area is 188 Å². The van der Waals surface area contributed by atoms with E-state index in [2.05, 4.69) is 4.57 Å². The van der Waals surface area contributed by atoms with E-state index in [4.69, 9.17) is 16.3 Å². The second kappa shape index (κ2) is 9.14. The topological polar surface area (TPSA) is 85.7 Å². The summed E-state index contributed by atoms with van der Waals surface area (Å²) in [6.07, 6.45) is 2.21. The van der Waals surface area contributed by atoms with E-state index in [1.54, 1.807) is 13.8 Å². The largest absolute Gasteiger partial charge is 0.454 e. The monoisotopic (exact) mass is 466 g/mol. The van der Waals surface area contributed by atoms with Gasteiger partial charge in [0.15, 0.2) is 6.61 Å². The number of carbonyl (C=O) groups excluding carboxylic acids is 2. The number of rotatable bonds is 9. The Kier molecular flexibility index (Phi) is 6.93. The van der Waals surface area contributed by atoms with Gasteiger partial charge in [-0.25, -0.2) is 13.2 Å². The van der Waals surface area contributed by atoms with Crippen LogP contribution in [-0.4, -0.2) is 48.7 Å². The first-order chi connectivity index (χ1) is 14.6. The van der Waals surface area contributed by atoms with Crippen LogP contribution in [0.5, 0.6) is 0 Å². The van der Waals surface area contributed by atoms with Gasteiger partial charge in [0.1, 0.15) is 4.90 Å². The second-order valence-corrected chi connectivity index (χ2v) is 9.93. The van der Waals surface area contributed by atoms with Gasteiger partial charge in [0, 0.05) is 36.1 Å². The summed E-state index contributed by atoms with van der Waals surface area (Å²) in [6.45, 7) is 7.42. The summed E-state index contributed by atoms with van der Waals surface area (Å²) in [7, 11) is -3.85. The van der Waals surface area contributed by atoms with E-state index in [9.17, 15) is 18.0 Å². The third-order valence-electron chi connectivity index (χ3n) is 5.52. The average Bonchev–Trinajstić information content (AvgIpc) is 3.51. The summed E-state index contributed by atoms with van der Waals surface area (Å²) in [5.74, 6) is -1.07. The molecule has 0 bridgehead atoms. The fourth-order valence-corrected chi connectivity index (χ4v) is 5.74. The van der Waals surface area contributed by atoms with Crippen LogP contribution < -0.4 is 0 Å². The van der Waals surface area contributed by atoms with Gasteiger partial charge in [0.25, 0.3) is 0 Å². The Bertz CT molecular complexity index is 1120. The summed E-state index contributed by atoms with van der Waals surface area (Å²) in [4.78, 5) is 25.0. The van der Waals surface area contributed by atoms with Crippen LogP contribution in [0.25, 0.3) is 0 Å². The molecule has 1 saturated carbocycles. The zero-order valence-corrected chi connectivity index (χ0v) is 19.7. The molecule has 0 spiro atoms. The third-order valence-corrected chi connectivity index (χ3v) is 8.05. The highest BCUT2D eigenvalue weighted by atomic mass is 35.5. The fourth-order valence-electron chi connectivity index (χ4n) is 3.78. The Balaban J connectivity index is 1.76. The highest BCUT2D eigenvalue weighted by Gasteiger charge is 2.29. The van der Waals surface area contributed by atoms with Gasteiger partial charge in [-0.3, -0.25) is 4.79 Å². The van der Waals surface area contributed by atoms with Crippen LogP contribution in [0.4, 0.5) is 0 Å². The molecular formula is C22H27ClN2O5S. The number of sulfonamides is 1. The molecule has 0 aliphatic heterocycles. The van der Waals surface area contributed by atoms with Crippen LogP contribution in [0.2, 0.25) is 5.02 Å². The molecular weight excluding hydrogens is 440 g/mol. The van der Waals surface area contributed by atoms with E-state index in [0.717, 1.165) is 24.2 Å². The van der Waals surface area contributed by atoms with E-state index in [1.807, 2.05) is 19.9 Å². The predicted octanol–water partition coefficient (Wildman–Crippen LogP) is 4.16. The maximum atomic E-state index is 12.8. The Morgan fingerprint density at radius 3 is 2.39 bits per heavy atom. The second-order valence-electron chi connectivity index (χ2n) is 7.62. The minimum absolute atomic E-state index is 0.0198. The van der Waals surface area contributed by atoms with Crippen molar-refractivity contribution >= 4 is 33.4 Å². The summed E-state index contributed by atoms with van der Waals surface area (Å²) in [5, 5.41) is 0.0204. The molecule has 0 amide bonds. The predicted molar refractivity (Wildman–Crippen MR) is 118 cm³/mol. The summed E-state index contributed by atoms with van der Waals surface area (Å²) < 4.78 is 34.2. The van der Waals surface area contributed by atoms with Gasteiger partial charge in [-0.15, -0.1) is 0 Å². The Morgan fingerprint density at radius 1 is 1.16 bits per heavy atom. The van der Waals surface area contributed by atoms with Crippen molar-refractivity contribution in [3.8, 4) is 0 Å². The Hall–Kier alpha value is -2.16. The molecule has 9 heteroatoms. The van der Waals surface area contributed by atoms with Gasteiger partial charge in [0.2, 0.25) is 15.8 Å². The highest BCUT2D eigenvalue weighted by Crippen LogP contribution is 2.38. The lowest BCUT2D eigenvalue weighted by atomic mass is 10.1. The molecule has 168 valence electrons. The average molecular weight is 467 g/mol. The lowest BCUT2D eigenvalue weighted by Gasteiger charge is -2.19. The quantitative estimate of drug-likeness (QED) is 0.409. The Morgan fingerprint density at radius 2 is 1.81 bits per heavy atom. The molecule has 2 aromatic rings. The normalized spacial score (nSPS) is 14.1. The third kappa shape index (κ3) is 4.71. The van der Waals surface area contributed by atoms with E-state index in [-0.39, 0.29) is 34.4 Å². The van der Waals surface area contributed by atoms with Gasteiger partial charge in [0.05, 0.1) is 10.6 Å². The molecule has 0 atom stereocenters.